The van der Waals surface area contributed by atoms with Crippen LogP contribution in [0.15, 0.2) is 24.3 Å². The highest BCUT2D eigenvalue weighted by molar-refractivity contribution is 5.93. The van der Waals surface area contributed by atoms with Gasteiger partial charge in [0.1, 0.15) is 0 Å². The maximum absolute atomic E-state index is 12.4. The van der Waals surface area contributed by atoms with E-state index in [2.05, 4.69) is 55.5 Å². The van der Waals surface area contributed by atoms with Gasteiger partial charge in [0.05, 0.1) is 11.4 Å². The van der Waals surface area contributed by atoms with Crippen molar-refractivity contribution in [3.05, 3.63) is 41.2 Å². The van der Waals surface area contributed by atoms with E-state index in [1.165, 1.54) is 5.56 Å². The Kier molecular flexibility index (Phi) is 6.31. The number of nitrogens with two attached hydrogens (primary N) is 1. The average Bonchev–Trinajstić information content (AvgIpc) is 2.98. The van der Waals surface area contributed by atoms with E-state index in [-0.39, 0.29) is 11.3 Å². The lowest BCUT2D eigenvalue weighted by Crippen LogP contribution is -2.27. The predicted molar refractivity (Wildman–Crippen MR) is 100 cm³/mol. The van der Waals surface area contributed by atoms with Crippen LogP contribution < -0.4 is 11.1 Å². The molecule has 0 atom stereocenters. The molecule has 0 aliphatic carbocycles. The van der Waals surface area contributed by atoms with Gasteiger partial charge in [-0.25, -0.2) is 4.68 Å². The lowest BCUT2D eigenvalue weighted by atomic mass is 9.87. The van der Waals surface area contributed by atoms with E-state index in [1.54, 1.807) is 4.68 Å². The second-order valence-electron chi connectivity index (χ2n) is 7.24. The van der Waals surface area contributed by atoms with E-state index in [4.69, 9.17) is 5.73 Å². The lowest BCUT2D eigenvalue weighted by molar-refractivity contribution is 0.0947. The number of hydrogen-bond donors (Lipinski definition) is 2. The first-order valence-corrected chi connectivity index (χ1v) is 8.92. The topological polar surface area (TPSA) is 85.8 Å². The van der Waals surface area contributed by atoms with E-state index >= 15 is 0 Å². The summed E-state index contributed by atoms with van der Waals surface area (Å²) in [5, 5.41) is 11.2. The van der Waals surface area contributed by atoms with Crippen LogP contribution in [0.25, 0.3) is 5.69 Å². The Labute approximate surface area is 149 Å². The predicted octanol–water partition coefficient (Wildman–Crippen LogP) is 2.60. The number of amides is 1. The lowest BCUT2D eigenvalue weighted by Gasteiger charge is -2.19. The number of aromatic nitrogens is 3. The molecule has 1 aromatic carbocycles. The average molecular weight is 343 g/mol. The summed E-state index contributed by atoms with van der Waals surface area (Å²) in [6.45, 7) is 9.73. The quantitative estimate of drug-likeness (QED) is 0.757. The summed E-state index contributed by atoms with van der Waals surface area (Å²) in [4.78, 5) is 12.4. The molecule has 0 saturated carbocycles. The second kappa shape index (κ2) is 8.25. The van der Waals surface area contributed by atoms with E-state index in [9.17, 15) is 4.79 Å². The molecule has 1 heterocycles. The molecule has 3 N–H and O–H groups in total. The van der Waals surface area contributed by atoms with Crippen LogP contribution in [-0.4, -0.2) is 34.0 Å². The normalized spacial score (nSPS) is 11.6. The van der Waals surface area contributed by atoms with Crippen molar-refractivity contribution in [3.8, 4) is 5.69 Å². The molecule has 0 bridgehead atoms. The third-order valence-electron chi connectivity index (χ3n) is 4.11. The molecule has 2 rings (SSSR count). The van der Waals surface area contributed by atoms with Crippen LogP contribution in [0.2, 0.25) is 0 Å². The Morgan fingerprint density at radius 1 is 1.24 bits per heavy atom. The van der Waals surface area contributed by atoms with Crippen molar-refractivity contribution in [3.63, 3.8) is 0 Å². The highest BCUT2D eigenvalue weighted by Crippen LogP contribution is 2.24. The zero-order chi connectivity index (χ0) is 18.4. The Morgan fingerprint density at radius 3 is 2.48 bits per heavy atom. The van der Waals surface area contributed by atoms with Crippen molar-refractivity contribution in [1.82, 2.24) is 20.3 Å². The van der Waals surface area contributed by atoms with E-state index in [0.29, 0.717) is 18.8 Å². The van der Waals surface area contributed by atoms with E-state index < -0.39 is 0 Å². The molecular weight excluding hydrogens is 314 g/mol. The molecule has 0 unspecified atom stereocenters. The minimum Gasteiger partial charge on any atom is -0.351 e. The summed E-state index contributed by atoms with van der Waals surface area (Å²) in [6, 6.07) is 8.27. The van der Waals surface area contributed by atoms with Crippen molar-refractivity contribution < 1.29 is 4.79 Å². The molecule has 0 spiro atoms. The van der Waals surface area contributed by atoms with E-state index in [0.717, 1.165) is 30.6 Å². The van der Waals surface area contributed by atoms with Crippen molar-refractivity contribution in [2.45, 2.75) is 52.4 Å². The van der Waals surface area contributed by atoms with Gasteiger partial charge in [-0.05, 0) is 42.5 Å². The number of nitrogens with one attached hydrogen (secondary N) is 1. The highest BCUT2D eigenvalue weighted by Gasteiger charge is 2.20. The van der Waals surface area contributed by atoms with Crippen LogP contribution in [0.4, 0.5) is 0 Å². The third kappa shape index (κ3) is 4.66. The summed E-state index contributed by atoms with van der Waals surface area (Å²) in [5.41, 5.74) is 8.99. The number of hydrogen-bond acceptors (Lipinski definition) is 4. The van der Waals surface area contributed by atoms with Crippen molar-refractivity contribution in [2.24, 2.45) is 5.73 Å². The molecule has 0 saturated heterocycles. The standard InChI is InChI=1S/C19H29N5O/c1-5-7-16-17(18(25)21-13-6-12-20)22-23-24(16)15-10-8-14(9-11-15)19(2,3)4/h8-11H,5-7,12-13,20H2,1-4H3,(H,21,25). The summed E-state index contributed by atoms with van der Waals surface area (Å²) >= 11 is 0. The van der Waals surface area contributed by atoms with Gasteiger partial charge >= 0.3 is 0 Å². The zero-order valence-corrected chi connectivity index (χ0v) is 15.7. The summed E-state index contributed by atoms with van der Waals surface area (Å²) in [5.74, 6) is -0.186. The van der Waals surface area contributed by atoms with Gasteiger partial charge in [-0.3, -0.25) is 4.79 Å². The number of carbonyl (C=O) groups is 1. The molecule has 0 aliphatic heterocycles. The monoisotopic (exact) mass is 343 g/mol. The molecule has 25 heavy (non-hydrogen) atoms. The molecule has 6 heteroatoms. The SMILES string of the molecule is CCCc1c(C(=O)NCCCN)nnn1-c1ccc(C(C)(C)C)cc1. The summed E-state index contributed by atoms with van der Waals surface area (Å²) in [7, 11) is 0. The number of rotatable bonds is 7. The Hall–Kier alpha value is -2.21. The summed E-state index contributed by atoms with van der Waals surface area (Å²) < 4.78 is 1.77. The first kappa shape index (κ1) is 19.1. The van der Waals surface area contributed by atoms with Crippen LogP contribution in [0.5, 0.6) is 0 Å². The van der Waals surface area contributed by atoms with Crippen LogP contribution in [0.3, 0.4) is 0 Å². The van der Waals surface area contributed by atoms with Crippen LogP contribution in [-0.2, 0) is 11.8 Å². The fraction of sp³-hybridized carbons (Fsp3) is 0.526. The van der Waals surface area contributed by atoms with Gasteiger partial charge in [-0.15, -0.1) is 5.10 Å². The third-order valence-corrected chi connectivity index (χ3v) is 4.11. The van der Waals surface area contributed by atoms with Crippen molar-refractivity contribution in [1.29, 1.82) is 0 Å². The molecule has 0 radical (unpaired) electrons. The van der Waals surface area contributed by atoms with Gasteiger partial charge in [0, 0.05) is 6.54 Å². The molecule has 0 aliphatic rings. The molecule has 136 valence electrons. The van der Waals surface area contributed by atoms with Crippen LogP contribution >= 0.6 is 0 Å². The highest BCUT2D eigenvalue weighted by atomic mass is 16.2. The van der Waals surface area contributed by atoms with Gasteiger partial charge in [-0.1, -0.05) is 51.5 Å². The fourth-order valence-corrected chi connectivity index (χ4v) is 2.64. The molecule has 6 nitrogen and oxygen atoms in total. The van der Waals surface area contributed by atoms with Crippen molar-refractivity contribution in [2.75, 3.05) is 13.1 Å². The fourth-order valence-electron chi connectivity index (χ4n) is 2.64. The number of nitrogens with zero attached hydrogens (tertiary/aromatic N) is 3. The van der Waals surface area contributed by atoms with Gasteiger partial charge in [0.25, 0.3) is 5.91 Å². The number of carbonyl (C=O) groups excluding carboxylic acids is 1. The molecule has 1 aromatic heterocycles. The van der Waals surface area contributed by atoms with Gasteiger partial charge in [0.15, 0.2) is 5.69 Å². The maximum Gasteiger partial charge on any atom is 0.273 e. The Bertz CT molecular complexity index is 698. The van der Waals surface area contributed by atoms with Crippen LogP contribution in [0, 0.1) is 0 Å². The van der Waals surface area contributed by atoms with Crippen LogP contribution in [0.1, 0.15) is 62.3 Å². The largest absolute Gasteiger partial charge is 0.351 e. The van der Waals surface area contributed by atoms with E-state index in [1.807, 2.05) is 12.1 Å². The van der Waals surface area contributed by atoms with Crippen molar-refractivity contribution >= 4 is 5.91 Å². The Balaban J connectivity index is 2.30. The number of benzene rings is 1. The zero-order valence-electron chi connectivity index (χ0n) is 15.7. The molecule has 1 amide bonds. The van der Waals surface area contributed by atoms with Gasteiger partial charge < -0.3 is 11.1 Å². The first-order chi connectivity index (χ1) is 11.9. The van der Waals surface area contributed by atoms with Gasteiger partial charge in [0.2, 0.25) is 0 Å². The van der Waals surface area contributed by atoms with Gasteiger partial charge in [-0.2, -0.15) is 0 Å². The Morgan fingerprint density at radius 2 is 1.92 bits per heavy atom. The second-order valence-corrected chi connectivity index (χ2v) is 7.24. The maximum atomic E-state index is 12.4. The smallest absolute Gasteiger partial charge is 0.273 e. The molecule has 0 fully saturated rings. The molecular formula is C19H29N5O. The minimum absolute atomic E-state index is 0.0984. The summed E-state index contributed by atoms with van der Waals surface area (Å²) in [6.07, 6.45) is 2.40. The molecule has 2 aromatic rings. The first-order valence-electron chi connectivity index (χ1n) is 8.92. The minimum atomic E-state index is -0.186.